The summed E-state index contributed by atoms with van der Waals surface area (Å²) in [4.78, 5) is 23.3. The number of anilines is 1. The molecule has 0 fully saturated rings. The molecule has 114 valence electrons. The molecule has 1 aliphatic rings. The second-order valence-electron chi connectivity index (χ2n) is 4.96. The van der Waals surface area contributed by atoms with E-state index in [1.54, 1.807) is 12.1 Å². The number of hydrogen-bond donors (Lipinski definition) is 2. The number of amides is 1. The molecule has 1 aromatic carbocycles. The Morgan fingerprint density at radius 3 is 2.77 bits per heavy atom. The molecule has 0 saturated heterocycles. The highest BCUT2D eigenvalue weighted by atomic mass is 32.2. The van der Waals surface area contributed by atoms with E-state index in [0.29, 0.717) is 17.1 Å². The molecule has 0 saturated carbocycles. The summed E-state index contributed by atoms with van der Waals surface area (Å²) in [6, 6.07) is 7.24. The molecule has 1 aliphatic heterocycles. The number of aryl methyl sites for hydroxylation is 1. The number of methoxy groups -OCH3 is 1. The lowest BCUT2D eigenvalue weighted by atomic mass is 10.0. The van der Waals surface area contributed by atoms with Crippen molar-refractivity contribution >= 4 is 29.5 Å². The first-order valence-electron chi connectivity index (χ1n) is 6.74. The molecule has 0 bridgehead atoms. The molecule has 2 N–H and O–H groups in total. The largest absolute Gasteiger partial charge is 0.465 e. The Labute approximate surface area is 131 Å². The van der Waals surface area contributed by atoms with E-state index in [9.17, 15) is 9.59 Å². The van der Waals surface area contributed by atoms with E-state index >= 15 is 0 Å². The van der Waals surface area contributed by atoms with E-state index in [-0.39, 0.29) is 17.1 Å². The first-order chi connectivity index (χ1) is 10.6. The molecular weight excluding hydrogens is 302 g/mol. The minimum Gasteiger partial charge on any atom is -0.465 e. The Balaban J connectivity index is 1.98. The van der Waals surface area contributed by atoms with Crippen LogP contribution >= 0.6 is 11.8 Å². The van der Waals surface area contributed by atoms with Crippen LogP contribution in [0.3, 0.4) is 0 Å². The summed E-state index contributed by atoms with van der Waals surface area (Å²) in [6.45, 7) is 1.93. The molecule has 1 atom stereocenters. The maximum absolute atomic E-state index is 11.8. The van der Waals surface area contributed by atoms with Crippen LogP contribution in [-0.2, 0) is 9.53 Å². The topological polar surface area (TPSA) is 84.1 Å². The van der Waals surface area contributed by atoms with Crippen molar-refractivity contribution in [2.24, 2.45) is 0 Å². The number of hydrogen-bond acceptors (Lipinski definition) is 5. The first-order valence-corrected chi connectivity index (χ1v) is 7.79. The number of fused-ring (bicyclic) bond motifs is 1. The molecule has 3 rings (SSSR count). The lowest BCUT2D eigenvalue weighted by molar-refractivity contribution is -0.113. The van der Waals surface area contributed by atoms with Gasteiger partial charge in [0, 0.05) is 11.3 Å². The van der Waals surface area contributed by atoms with Gasteiger partial charge in [-0.25, -0.2) is 4.79 Å². The molecule has 0 unspecified atom stereocenters. The van der Waals surface area contributed by atoms with Gasteiger partial charge in [0.15, 0.2) is 5.82 Å². The summed E-state index contributed by atoms with van der Waals surface area (Å²) in [5, 5.41) is 9.86. The lowest BCUT2D eigenvalue weighted by Crippen LogP contribution is -2.12. The fourth-order valence-electron chi connectivity index (χ4n) is 2.44. The van der Waals surface area contributed by atoms with Crippen molar-refractivity contribution in [3.05, 3.63) is 46.6 Å². The number of aromatic amines is 1. The van der Waals surface area contributed by atoms with E-state index in [1.165, 1.54) is 18.9 Å². The maximum atomic E-state index is 11.8. The summed E-state index contributed by atoms with van der Waals surface area (Å²) < 4.78 is 4.70. The van der Waals surface area contributed by atoms with Crippen molar-refractivity contribution in [2.45, 2.75) is 12.2 Å². The number of nitrogens with one attached hydrogen (secondary N) is 2. The van der Waals surface area contributed by atoms with Crippen LogP contribution in [0.15, 0.2) is 24.3 Å². The summed E-state index contributed by atoms with van der Waals surface area (Å²) >= 11 is 1.54. The third-order valence-corrected chi connectivity index (χ3v) is 4.80. The molecule has 2 aromatic rings. The normalized spacial score (nSPS) is 17.4. The number of H-pyrrole nitrogens is 1. The number of rotatable bonds is 2. The molecule has 0 radical (unpaired) electrons. The van der Waals surface area contributed by atoms with Gasteiger partial charge in [-0.2, -0.15) is 5.10 Å². The molecular formula is C15H15N3O3S. The zero-order valence-electron chi connectivity index (χ0n) is 12.2. The van der Waals surface area contributed by atoms with Crippen LogP contribution in [0.4, 0.5) is 5.82 Å². The van der Waals surface area contributed by atoms with Crippen LogP contribution in [0, 0.1) is 6.92 Å². The number of carbonyl (C=O) groups is 2. The second kappa shape index (κ2) is 5.84. The Morgan fingerprint density at radius 2 is 2.09 bits per heavy atom. The van der Waals surface area contributed by atoms with Gasteiger partial charge >= 0.3 is 5.97 Å². The van der Waals surface area contributed by atoms with Gasteiger partial charge in [0.05, 0.1) is 23.7 Å². The van der Waals surface area contributed by atoms with Crippen molar-refractivity contribution in [1.82, 2.24) is 10.2 Å². The number of aromatic nitrogens is 2. The van der Waals surface area contributed by atoms with Crippen molar-refractivity contribution in [2.75, 3.05) is 18.2 Å². The van der Waals surface area contributed by atoms with E-state index in [0.717, 1.165) is 16.8 Å². The number of nitrogens with zero attached hydrogens (tertiary/aromatic N) is 1. The predicted octanol–water partition coefficient (Wildman–Crippen LogP) is 2.28. The van der Waals surface area contributed by atoms with Crippen LogP contribution in [0.1, 0.15) is 32.4 Å². The van der Waals surface area contributed by atoms with E-state index in [4.69, 9.17) is 4.74 Å². The number of ether oxygens (including phenoxy) is 1. The first kappa shape index (κ1) is 14.6. The van der Waals surface area contributed by atoms with Gasteiger partial charge < -0.3 is 10.1 Å². The Bertz CT molecular complexity index is 724. The van der Waals surface area contributed by atoms with Crippen LogP contribution in [-0.4, -0.2) is 34.9 Å². The summed E-state index contributed by atoms with van der Waals surface area (Å²) in [6.07, 6.45) is 0. The second-order valence-corrected chi connectivity index (χ2v) is 6.06. The molecule has 7 heteroatoms. The number of esters is 1. The van der Waals surface area contributed by atoms with Crippen molar-refractivity contribution in [3.63, 3.8) is 0 Å². The monoisotopic (exact) mass is 317 g/mol. The van der Waals surface area contributed by atoms with Crippen molar-refractivity contribution in [1.29, 1.82) is 0 Å². The number of carbonyl (C=O) groups excluding carboxylic acids is 2. The minimum absolute atomic E-state index is 0.0144. The van der Waals surface area contributed by atoms with Gasteiger partial charge in [0.1, 0.15) is 0 Å². The van der Waals surface area contributed by atoms with Gasteiger partial charge in [-0.1, -0.05) is 12.1 Å². The molecule has 22 heavy (non-hydrogen) atoms. The molecule has 1 aromatic heterocycles. The van der Waals surface area contributed by atoms with Gasteiger partial charge in [-0.05, 0) is 24.6 Å². The fourth-order valence-corrected chi connectivity index (χ4v) is 3.63. The Hall–Kier alpha value is -2.28. The molecule has 1 amide bonds. The smallest absolute Gasteiger partial charge is 0.337 e. The minimum atomic E-state index is -0.364. The molecule has 2 heterocycles. The average molecular weight is 317 g/mol. The van der Waals surface area contributed by atoms with Crippen molar-refractivity contribution in [3.8, 4) is 0 Å². The quantitative estimate of drug-likeness (QED) is 0.830. The maximum Gasteiger partial charge on any atom is 0.337 e. The molecule has 0 spiro atoms. The van der Waals surface area contributed by atoms with Crippen LogP contribution < -0.4 is 5.32 Å². The number of thioether (sulfide) groups is 1. The third-order valence-electron chi connectivity index (χ3n) is 3.53. The average Bonchev–Trinajstić information content (AvgIpc) is 2.79. The van der Waals surface area contributed by atoms with E-state index in [1.807, 2.05) is 19.1 Å². The highest BCUT2D eigenvalue weighted by Crippen LogP contribution is 2.42. The van der Waals surface area contributed by atoms with E-state index in [2.05, 4.69) is 15.5 Å². The zero-order chi connectivity index (χ0) is 15.7. The van der Waals surface area contributed by atoms with Gasteiger partial charge in [0.2, 0.25) is 5.91 Å². The standard InChI is InChI=1S/C15H15N3O3S/c1-8-12-13(22-7-11(19)16-14(12)18-17-8)9-3-5-10(6-4-9)15(20)21-2/h3-6,13H,7H2,1-2H3,(H2,16,17,18,19)/t13-/m0/s1. The van der Waals surface area contributed by atoms with Crippen LogP contribution in [0.5, 0.6) is 0 Å². The fraction of sp³-hybridized carbons (Fsp3) is 0.267. The predicted molar refractivity (Wildman–Crippen MR) is 84.0 cm³/mol. The van der Waals surface area contributed by atoms with Gasteiger partial charge in [-0.15, -0.1) is 11.8 Å². The Morgan fingerprint density at radius 1 is 1.36 bits per heavy atom. The highest BCUT2D eigenvalue weighted by Gasteiger charge is 2.28. The molecule has 0 aliphatic carbocycles. The van der Waals surface area contributed by atoms with E-state index < -0.39 is 0 Å². The van der Waals surface area contributed by atoms with Crippen LogP contribution in [0.25, 0.3) is 0 Å². The zero-order valence-corrected chi connectivity index (χ0v) is 13.0. The third kappa shape index (κ3) is 2.59. The lowest BCUT2D eigenvalue weighted by Gasteiger charge is -2.15. The summed E-state index contributed by atoms with van der Waals surface area (Å²) in [7, 11) is 1.36. The molecule has 6 nitrogen and oxygen atoms in total. The van der Waals surface area contributed by atoms with Gasteiger partial charge in [0.25, 0.3) is 0 Å². The Kier molecular flexibility index (Phi) is 3.89. The van der Waals surface area contributed by atoms with Gasteiger partial charge in [-0.3, -0.25) is 9.89 Å². The van der Waals surface area contributed by atoms with Crippen LogP contribution in [0.2, 0.25) is 0 Å². The number of benzene rings is 1. The van der Waals surface area contributed by atoms with Crippen molar-refractivity contribution < 1.29 is 14.3 Å². The highest BCUT2D eigenvalue weighted by molar-refractivity contribution is 8.00. The SMILES string of the molecule is COC(=O)c1ccc([C@@H]2SCC(=O)Nc3n[nH]c(C)c32)cc1. The summed E-state index contributed by atoms with van der Waals surface area (Å²) in [5.74, 6) is 0.511. The summed E-state index contributed by atoms with van der Waals surface area (Å²) in [5.41, 5.74) is 3.41.